The molecule has 2 N–H and O–H groups in total. The Kier molecular flexibility index (Phi) is 6.47. The van der Waals surface area contributed by atoms with E-state index >= 15 is 0 Å². The Hall–Kier alpha value is -2.04. The Morgan fingerprint density at radius 1 is 1.07 bits per heavy atom. The number of nitrogens with one attached hydrogen (secondary N) is 2. The number of carbonyl (C=O) groups is 2. The number of anilines is 1. The van der Waals surface area contributed by atoms with E-state index in [-0.39, 0.29) is 29.2 Å². The maximum atomic E-state index is 13.3. The SMILES string of the molecule is COc1ccc(C(C)(C)C)cc1NC(=O)C1(CC(=O)NC(C)(C)C)CCCC1. The summed E-state index contributed by atoms with van der Waals surface area (Å²) in [6, 6.07) is 5.90. The molecule has 0 spiro atoms. The van der Waals surface area contributed by atoms with Crippen LogP contribution in [0.15, 0.2) is 18.2 Å². The first-order valence-corrected chi connectivity index (χ1v) is 10.2. The van der Waals surface area contributed by atoms with E-state index in [1.807, 2.05) is 39.0 Å². The molecule has 0 aromatic heterocycles. The smallest absolute Gasteiger partial charge is 0.231 e. The van der Waals surface area contributed by atoms with Crippen LogP contribution in [0.4, 0.5) is 5.69 Å². The van der Waals surface area contributed by atoms with Gasteiger partial charge in [0.25, 0.3) is 0 Å². The van der Waals surface area contributed by atoms with Gasteiger partial charge in [-0.15, -0.1) is 0 Å². The summed E-state index contributed by atoms with van der Waals surface area (Å²) in [5.41, 5.74) is 0.788. The summed E-state index contributed by atoms with van der Waals surface area (Å²) in [7, 11) is 1.60. The molecule has 156 valence electrons. The van der Waals surface area contributed by atoms with Crippen molar-refractivity contribution in [3.05, 3.63) is 23.8 Å². The quantitative estimate of drug-likeness (QED) is 0.761. The molecule has 0 unspecified atom stereocenters. The van der Waals surface area contributed by atoms with Crippen LogP contribution in [0.2, 0.25) is 0 Å². The summed E-state index contributed by atoms with van der Waals surface area (Å²) < 4.78 is 5.46. The molecule has 0 atom stereocenters. The van der Waals surface area contributed by atoms with Crippen molar-refractivity contribution in [2.45, 2.75) is 84.6 Å². The summed E-state index contributed by atoms with van der Waals surface area (Å²) in [4.78, 5) is 25.9. The van der Waals surface area contributed by atoms with E-state index in [2.05, 4.69) is 31.4 Å². The Labute approximate surface area is 169 Å². The van der Waals surface area contributed by atoms with E-state index in [4.69, 9.17) is 4.74 Å². The monoisotopic (exact) mass is 388 g/mol. The average molecular weight is 389 g/mol. The van der Waals surface area contributed by atoms with Crippen LogP contribution in [0, 0.1) is 5.41 Å². The second-order valence-corrected chi connectivity index (χ2v) is 10.1. The molecule has 5 heteroatoms. The second-order valence-electron chi connectivity index (χ2n) is 10.1. The van der Waals surface area contributed by atoms with Crippen LogP contribution in [0.25, 0.3) is 0 Å². The van der Waals surface area contributed by atoms with E-state index in [0.29, 0.717) is 11.4 Å². The first-order chi connectivity index (χ1) is 12.9. The minimum Gasteiger partial charge on any atom is -0.495 e. The first kappa shape index (κ1) is 22.3. The fourth-order valence-corrected chi connectivity index (χ4v) is 3.83. The zero-order valence-electron chi connectivity index (χ0n) is 18.5. The molecule has 0 saturated heterocycles. The van der Waals surface area contributed by atoms with Gasteiger partial charge in [-0.05, 0) is 56.7 Å². The number of ether oxygens (including phenoxy) is 1. The van der Waals surface area contributed by atoms with Crippen LogP contribution in [0.5, 0.6) is 5.75 Å². The molecule has 28 heavy (non-hydrogen) atoms. The predicted molar refractivity (Wildman–Crippen MR) is 114 cm³/mol. The molecule has 1 aliphatic carbocycles. The van der Waals surface area contributed by atoms with Gasteiger partial charge in [0.15, 0.2) is 0 Å². The van der Waals surface area contributed by atoms with Crippen LogP contribution in [0.1, 0.15) is 79.2 Å². The standard InChI is InChI=1S/C23H36N2O3/c1-21(2,3)16-10-11-18(28-7)17(14-16)24-20(27)23(12-8-9-13-23)15-19(26)25-22(4,5)6/h10-11,14H,8-9,12-13,15H2,1-7H3,(H,24,27)(H,25,26). The molecular formula is C23H36N2O3. The molecule has 1 aromatic rings. The van der Waals surface area contributed by atoms with Crippen molar-refractivity contribution >= 4 is 17.5 Å². The van der Waals surface area contributed by atoms with Gasteiger partial charge in [-0.3, -0.25) is 9.59 Å². The molecule has 5 nitrogen and oxygen atoms in total. The summed E-state index contributed by atoms with van der Waals surface area (Å²) in [5, 5.41) is 6.08. The fraction of sp³-hybridized carbons (Fsp3) is 0.652. The van der Waals surface area contributed by atoms with Crippen molar-refractivity contribution in [3.8, 4) is 5.75 Å². The summed E-state index contributed by atoms with van der Waals surface area (Å²) in [5.74, 6) is 0.479. The lowest BCUT2D eigenvalue weighted by molar-refractivity contribution is -0.133. The van der Waals surface area contributed by atoms with Crippen LogP contribution in [0.3, 0.4) is 0 Å². The number of hydrogen-bond acceptors (Lipinski definition) is 3. The van der Waals surface area contributed by atoms with Gasteiger partial charge in [0.05, 0.1) is 18.2 Å². The number of rotatable bonds is 5. The van der Waals surface area contributed by atoms with Crippen LogP contribution >= 0.6 is 0 Å². The molecule has 1 saturated carbocycles. The highest BCUT2D eigenvalue weighted by molar-refractivity contribution is 5.99. The topological polar surface area (TPSA) is 67.4 Å². The molecule has 0 aliphatic heterocycles. The molecule has 2 rings (SSSR count). The number of amides is 2. The third kappa shape index (κ3) is 5.49. The molecule has 2 amide bonds. The summed E-state index contributed by atoms with van der Waals surface area (Å²) in [6.07, 6.45) is 3.62. The van der Waals surface area contributed by atoms with E-state index in [9.17, 15) is 9.59 Å². The zero-order chi connectivity index (χ0) is 21.2. The second kappa shape index (κ2) is 8.14. The van der Waals surface area contributed by atoms with Crippen molar-refractivity contribution in [1.82, 2.24) is 5.32 Å². The van der Waals surface area contributed by atoms with Crippen LogP contribution in [-0.4, -0.2) is 24.5 Å². The lowest BCUT2D eigenvalue weighted by Crippen LogP contribution is -2.45. The molecule has 1 fully saturated rings. The molecule has 1 aliphatic rings. The van der Waals surface area contributed by atoms with E-state index in [0.717, 1.165) is 31.2 Å². The minimum absolute atomic E-state index is 0.0383. The first-order valence-electron chi connectivity index (χ1n) is 10.2. The van der Waals surface area contributed by atoms with E-state index < -0.39 is 5.41 Å². The third-order valence-corrected chi connectivity index (χ3v) is 5.37. The maximum absolute atomic E-state index is 13.3. The zero-order valence-corrected chi connectivity index (χ0v) is 18.5. The van der Waals surface area contributed by atoms with Gasteiger partial charge in [-0.1, -0.05) is 39.7 Å². The number of carbonyl (C=O) groups excluding carboxylic acids is 2. The van der Waals surface area contributed by atoms with E-state index in [1.165, 1.54) is 0 Å². The van der Waals surface area contributed by atoms with Gasteiger partial charge >= 0.3 is 0 Å². The van der Waals surface area contributed by atoms with Crippen LogP contribution < -0.4 is 15.4 Å². The number of methoxy groups -OCH3 is 1. The van der Waals surface area contributed by atoms with E-state index in [1.54, 1.807) is 7.11 Å². The summed E-state index contributed by atoms with van der Waals surface area (Å²) >= 11 is 0. The molecule has 0 radical (unpaired) electrons. The van der Waals surface area contributed by atoms with Gasteiger partial charge in [-0.2, -0.15) is 0 Å². The Morgan fingerprint density at radius 3 is 2.18 bits per heavy atom. The van der Waals surface area contributed by atoms with Crippen molar-refractivity contribution in [3.63, 3.8) is 0 Å². The normalized spacial score (nSPS) is 16.5. The van der Waals surface area contributed by atoms with Gasteiger partial charge in [0.1, 0.15) is 5.75 Å². The van der Waals surface area contributed by atoms with Crippen molar-refractivity contribution in [2.75, 3.05) is 12.4 Å². The lowest BCUT2D eigenvalue weighted by atomic mass is 9.80. The largest absolute Gasteiger partial charge is 0.495 e. The van der Waals surface area contributed by atoms with Crippen molar-refractivity contribution in [2.24, 2.45) is 5.41 Å². The highest BCUT2D eigenvalue weighted by Gasteiger charge is 2.43. The lowest BCUT2D eigenvalue weighted by Gasteiger charge is -2.30. The van der Waals surface area contributed by atoms with Crippen molar-refractivity contribution in [1.29, 1.82) is 0 Å². The molecule has 0 bridgehead atoms. The average Bonchev–Trinajstić information content (AvgIpc) is 3.01. The number of hydrogen-bond donors (Lipinski definition) is 2. The Morgan fingerprint density at radius 2 is 1.68 bits per heavy atom. The fourth-order valence-electron chi connectivity index (χ4n) is 3.83. The van der Waals surface area contributed by atoms with Gasteiger partial charge in [0.2, 0.25) is 11.8 Å². The third-order valence-electron chi connectivity index (χ3n) is 5.37. The van der Waals surface area contributed by atoms with Gasteiger partial charge in [-0.25, -0.2) is 0 Å². The van der Waals surface area contributed by atoms with Crippen molar-refractivity contribution < 1.29 is 14.3 Å². The maximum Gasteiger partial charge on any atom is 0.231 e. The highest BCUT2D eigenvalue weighted by Crippen LogP contribution is 2.43. The Balaban J connectivity index is 2.26. The molecule has 1 aromatic carbocycles. The van der Waals surface area contributed by atoms with Crippen LogP contribution in [-0.2, 0) is 15.0 Å². The molecule has 0 heterocycles. The predicted octanol–water partition coefficient (Wildman–Crippen LogP) is 4.80. The summed E-state index contributed by atoms with van der Waals surface area (Å²) in [6.45, 7) is 12.3. The van der Waals surface area contributed by atoms with Gasteiger partial charge < -0.3 is 15.4 Å². The minimum atomic E-state index is -0.655. The molecular weight excluding hydrogens is 352 g/mol. The van der Waals surface area contributed by atoms with Gasteiger partial charge in [0, 0.05) is 12.0 Å². The Bertz CT molecular complexity index is 720. The highest BCUT2D eigenvalue weighted by atomic mass is 16.5. The number of benzene rings is 1.